The average molecular weight is 264 g/mol. The van der Waals surface area contributed by atoms with Crippen molar-refractivity contribution in [2.75, 3.05) is 13.1 Å². The van der Waals surface area contributed by atoms with Gasteiger partial charge in [-0.05, 0) is 18.9 Å². The maximum Gasteiger partial charge on any atom is 0.335 e. The molecule has 1 aromatic rings. The zero-order valence-electron chi connectivity index (χ0n) is 10.0. The number of benzene rings is 1. The van der Waals surface area contributed by atoms with Crippen LogP contribution in [0, 0.1) is 10.1 Å². The number of amides is 1. The monoisotopic (exact) mass is 264 g/mol. The van der Waals surface area contributed by atoms with Crippen LogP contribution >= 0.6 is 0 Å². The quantitative estimate of drug-likeness (QED) is 0.659. The lowest BCUT2D eigenvalue weighted by Gasteiger charge is -2.15. The number of aromatic carboxylic acids is 1. The van der Waals surface area contributed by atoms with E-state index in [4.69, 9.17) is 5.11 Å². The molecular formula is C12H12N2O5. The van der Waals surface area contributed by atoms with Gasteiger partial charge in [0.25, 0.3) is 11.6 Å². The Morgan fingerprint density at radius 1 is 1.16 bits per heavy atom. The van der Waals surface area contributed by atoms with Crippen LogP contribution in [0.4, 0.5) is 5.69 Å². The number of nitro benzene ring substituents is 1. The van der Waals surface area contributed by atoms with Crippen LogP contribution in [-0.2, 0) is 0 Å². The molecule has 0 unspecified atom stereocenters. The summed E-state index contributed by atoms with van der Waals surface area (Å²) in [6.07, 6.45) is 1.79. The van der Waals surface area contributed by atoms with Gasteiger partial charge in [0.2, 0.25) is 0 Å². The molecule has 1 saturated heterocycles. The molecular weight excluding hydrogens is 252 g/mol. The lowest BCUT2D eigenvalue weighted by Crippen LogP contribution is -2.27. The number of hydrogen-bond donors (Lipinski definition) is 1. The lowest BCUT2D eigenvalue weighted by atomic mass is 10.1. The number of hydrogen-bond acceptors (Lipinski definition) is 4. The lowest BCUT2D eigenvalue weighted by molar-refractivity contribution is -0.384. The number of likely N-dealkylation sites (tertiary alicyclic amines) is 1. The largest absolute Gasteiger partial charge is 0.478 e. The van der Waals surface area contributed by atoms with E-state index in [1.54, 1.807) is 4.90 Å². The van der Waals surface area contributed by atoms with Gasteiger partial charge in [-0.3, -0.25) is 14.9 Å². The van der Waals surface area contributed by atoms with E-state index in [9.17, 15) is 19.7 Å². The molecule has 1 N–H and O–H groups in total. The summed E-state index contributed by atoms with van der Waals surface area (Å²) in [5.74, 6) is -1.65. The third-order valence-corrected chi connectivity index (χ3v) is 3.02. The van der Waals surface area contributed by atoms with Crippen LogP contribution in [0.5, 0.6) is 0 Å². The highest BCUT2D eigenvalue weighted by atomic mass is 16.6. The molecule has 1 fully saturated rings. The van der Waals surface area contributed by atoms with Crippen LogP contribution in [0.2, 0.25) is 0 Å². The van der Waals surface area contributed by atoms with Crippen LogP contribution in [0.25, 0.3) is 0 Å². The van der Waals surface area contributed by atoms with Gasteiger partial charge in [-0.15, -0.1) is 0 Å². The number of carboxylic acid groups (broad SMARTS) is 1. The zero-order valence-corrected chi connectivity index (χ0v) is 10.0. The minimum Gasteiger partial charge on any atom is -0.478 e. The van der Waals surface area contributed by atoms with Crippen molar-refractivity contribution in [1.82, 2.24) is 4.90 Å². The van der Waals surface area contributed by atoms with E-state index in [0.717, 1.165) is 25.0 Å². The van der Waals surface area contributed by atoms with Crippen molar-refractivity contribution in [3.05, 3.63) is 39.4 Å². The van der Waals surface area contributed by atoms with Gasteiger partial charge >= 0.3 is 5.97 Å². The van der Waals surface area contributed by atoms with Gasteiger partial charge in [0.1, 0.15) is 0 Å². The van der Waals surface area contributed by atoms with Gasteiger partial charge in [-0.2, -0.15) is 0 Å². The van der Waals surface area contributed by atoms with E-state index in [0.29, 0.717) is 13.1 Å². The fourth-order valence-corrected chi connectivity index (χ4v) is 2.07. The fourth-order valence-electron chi connectivity index (χ4n) is 2.07. The highest BCUT2D eigenvalue weighted by molar-refractivity contribution is 5.98. The van der Waals surface area contributed by atoms with Crippen LogP contribution < -0.4 is 0 Å². The highest BCUT2D eigenvalue weighted by Gasteiger charge is 2.23. The van der Waals surface area contributed by atoms with E-state index in [1.165, 1.54) is 6.07 Å². The third-order valence-electron chi connectivity index (χ3n) is 3.02. The summed E-state index contributed by atoms with van der Waals surface area (Å²) in [4.78, 5) is 34.7. The van der Waals surface area contributed by atoms with Gasteiger partial charge in [-0.25, -0.2) is 4.79 Å². The molecule has 0 saturated carbocycles. The smallest absolute Gasteiger partial charge is 0.335 e. The van der Waals surface area contributed by atoms with Crippen LogP contribution in [0.15, 0.2) is 18.2 Å². The van der Waals surface area contributed by atoms with Crippen molar-refractivity contribution in [3.63, 3.8) is 0 Å². The number of nitrogens with zero attached hydrogens (tertiary/aromatic N) is 2. The first-order valence-electron chi connectivity index (χ1n) is 5.81. The Morgan fingerprint density at radius 2 is 1.74 bits per heavy atom. The molecule has 0 aromatic heterocycles. The first-order valence-corrected chi connectivity index (χ1v) is 5.81. The van der Waals surface area contributed by atoms with Crippen molar-refractivity contribution < 1.29 is 19.6 Å². The standard InChI is InChI=1S/C12H12N2O5/c15-11(13-3-1-2-4-13)8-5-9(12(16)17)7-10(6-8)14(18)19/h5-7H,1-4H2,(H,16,17). The third kappa shape index (κ3) is 2.70. The van der Waals surface area contributed by atoms with E-state index in [-0.39, 0.29) is 22.7 Å². The van der Waals surface area contributed by atoms with Crippen molar-refractivity contribution in [2.45, 2.75) is 12.8 Å². The Bertz CT molecular complexity index is 517. The van der Waals surface area contributed by atoms with Crippen molar-refractivity contribution in [3.8, 4) is 0 Å². The highest BCUT2D eigenvalue weighted by Crippen LogP contribution is 2.20. The minimum absolute atomic E-state index is 0.0495. The minimum atomic E-state index is -1.29. The maximum absolute atomic E-state index is 12.1. The number of carboxylic acids is 1. The van der Waals surface area contributed by atoms with Gasteiger partial charge in [0.15, 0.2) is 0 Å². The van der Waals surface area contributed by atoms with Crippen LogP contribution in [0.3, 0.4) is 0 Å². The molecule has 19 heavy (non-hydrogen) atoms. The first-order chi connectivity index (χ1) is 8.99. The van der Waals surface area contributed by atoms with Gasteiger partial charge < -0.3 is 10.0 Å². The fraction of sp³-hybridized carbons (Fsp3) is 0.333. The average Bonchev–Trinajstić information content (AvgIpc) is 2.91. The van der Waals surface area contributed by atoms with Gasteiger partial charge in [-0.1, -0.05) is 0 Å². The Morgan fingerprint density at radius 3 is 2.26 bits per heavy atom. The van der Waals surface area contributed by atoms with E-state index in [1.807, 2.05) is 0 Å². The van der Waals surface area contributed by atoms with Crippen molar-refractivity contribution >= 4 is 17.6 Å². The normalized spacial score (nSPS) is 14.4. The predicted octanol–water partition coefficient (Wildman–Crippen LogP) is 1.53. The second kappa shape index (κ2) is 5.05. The summed E-state index contributed by atoms with van der Waals surface area (Å²) < 4.78 is 0. The SMILES string of the molecule is O=C(O)c1cc(C(=O)N2CCCC2)cc([N+](=O)[O-])c1. The predicted molar refractivity (Wildman–Crippen MR) is 65.2 cm³/mol. The van der Waals surface area contributed by atoms with E-state index < -0.39 is 10.9 Å². The number of rotatable bonds is 3. The van der Waals surface area contributed by atoms with Crippen LogP contribution in [-0.4, -0.2) is 39.9 Å². The summed E-state index contributed by atoms with van der Waals surface area (Å²) in [6, 6.07) is 3.24. The number of carbonyl (C=O) groups excluding carboxylic acids is 1. The molecule has 0 spiro atoms. The number of carbonyl (C=O) groups is 2. The second-order valence-electron chi connectivity index (χ2n) is 4.33. The number of non-ortho nitro benzene ring substituents is 1. The molecule has 100 valence electrons. The molecule has 1 aromatic carbocycles. The Labute approximate surface area is 108 Å². The Kier molecular flexibility index (Phi) is 3.46. The molecule has 0 radical (unpaired) electrons. The summed E-state index contributed by atoms with van der Waals surface area (Å²) in [5, 5.41) is 19.7. The van der Waals surface area contributed by atoms with E-state index in [2.05, 4.69) is 0 Å². The van der Waals surface area contributed by atoms with Crippen LogP contribution in [0.1, 0.15) is 33.6 Å². The van der Waals surface area contributed by atoms with Crippen molar-refractivity contribution in [1.29, 1.82) is 0 Å². The second-order valence-corrected chi connectivity index (χ2v) is 4.33. The molecule has 7 nitrogen and oxygen atoms in total. The summed E-state index contributed by atoms with van der Waals surface area (Å²) >= 11 is 0. The first kappa shape index (κ1) is 13.0. The molecule has 0 atom stereocenters. The number of nitro groups is 1. The van der Waals surface area contributed by atoms with Crippen molar-refractivity contribution in [2.24, 2.45) is 0 Å². The maximum atomic E-state index is 12.1. The Balaban J connectivity index is 2.40. The van der Waals surface area contributed by atoms with Gasteiger partial charge in [0.05, 0.1) is 10.5 Å². The zero-order chi connectivity index (χ0) is 14.0. The molecule has 0 aliphatic carbocycles. The molecule has 1 heterocycles. The Hall–Kier alpha value is -2.44. The molecule has 1 amide bonds. The molecule has 1 aliphatic rings. The summed E-state index contributed by atoms with van der Waals surface area (Å²) in [5.41, 5.74) is -0.590. The topological polar surface area (TPSA) is 101 Å². The molecule has 7 heteroatoms. The summed E-state index contributed by atoms with van der Waals surface area (Å²) in [7, 11) is 0. The van der Waals surface area contributed by atoms with Gasteiger partial charge in [0, 0.05) is 30.8 Å². The van der Waals surface area contributed by atoms with E-state index >= 15 is 0 Å². The summed E-state index contributed by atoms with van der Waals surface area (Å²) in [6.45, 7) is 1.20. The molecule has 1 aliphatic heterocycles. The molecule has 0 bridgehead atoms. The molecule has 2 rings (SSSR count).